The maximum Gasteiger partial charge on any atom is 0.321 e. The zero-order valence-electron chi connectivity index (χ0n) is 8.48. The normalized spacial score (nSPS) is 14.6. The van der Waals surface area contributed by atoms with E-state index in [1.165, 1.54) is 12.1 Å². The number of carbonyl (C=O) groups is 1. The molecule has 3 N–H and O–H groups in total. The lowest BCUT2D eigenvalue weighted by molar-refractivity contribution is -0.139. The van der Waals surface area contributed by atoms with Crippen molar-refractivity contribution in [3.8, 4) is 0 Å². The predicted octanol–water partition coefficient (Wildman–Crippen LogP) is 1.73. The second-order valence-electron chi connectivity index (χ2n) is 3.43. The van der Waals surface area contributed by atoms with Gasteiger partial charge in [-0.3, -0.25) is 4.79 Å². The molecule has 0 aromatic heterocycles. The van der Waals surface area contributed by atoms with Gasteiger partial charge in [-0.15, -0.1) is 0 Å². The van der Waals surface area contributed by atoms with E-state index in [-0.39, 0.29) is 11.7 Å². The molecule has 0 spiro atoms. The minimum Gasteiger partial charge on any atom is -0.480 e. The standard InChI is InChI=1S/C11H14FNO2/c1-2-9(10(13)11(14)15)7-3-5-8(12)6-4-7/h3-6,9-10H,2,13H2,1H3,(H,14,15)/t9?,10-/m0/s1. The van der Waals surface area contributed by atoms with E-state index in [1.807, 2.05) is 6.92 Å². The number of aliphatic carboxylic acids is 1. The maximum absolute atomic E-state index is 12.7. The lowest BCUT2D eigenvalue weighted by atomic mass is 9.90. The van der Waals surface area contributed by atoms with Crippen molar-refractivity contribution >= 4 is 5.97 Å². The van der Waals surface area contributed by atoms with Gasteiger partial charge in [-0.1, -0.05) is 19.1 Å². The highest BCUT2D eigenvalue weighted by atomic mass is 19.1. The summed E-state index contributed by atoms with van der Waals surface area (Å²) in [6.45, 7) is 1.86. The van der Waals surface area contributed by atoms with E-state index < -0.39 is 12.0 Å². The molecule has 4 heteroatoms. The van der Waals surface area contributed by atoms with Crippen molar-refractivity contribution in [1.29, 1.82) is 0 Å². The van der Waals surface area contributed by atoms with Crippen LogP contribution < -0.4 is 5.73 Å². The number of hydrogen-bond acceptors (Lipinski definition) is 2. The van der Waals surface area contributed by atoms with Crippen molar-refractivity contribution in [3.05, 3.63) is 35.6 Å². The molecule has 1 unspecified atom stereocenters. The van der Waals surface area contributed by atoms with E-state index in [2.05, 4.69) is 0 Å². The zero-order valence-corrected chi connectivity index (χ0v) is 8.48. The van der Waals surface area contributed by atoms with Gasteiger partial charge in [-0.2, -0.15) is 0 Å². The smallest absolute Gasteiger partial charge is 0.321 e. The van der Waals surface area contributed by atoms with Crippen molar-refractivity contribution < 1.29 is 14.3 Å². The van der Waals surface area contributed by atoms with E-state index in [1.54, 1.807) is 12.1 Å². The highest BCUT2D eigenvalue weighted by Gasteiger charge is 2.23. The fraction of sp³-hybridized carbons (Fsp3) is 0.364. The first-order valence-corrected chi connectivity index (χ1v) is 4.80. The average Bonchev–Trinajstić information content (AvgIpc) is 2.21. The molecule has 0 bridgehead atoms. The Morgan fingerprint density at radius 1 is 1.47 bits per heavy atom. The first-order valence-electron chi connectivity index (χ1n) is 4.80. The summed E-state index contributed by atoms with van der Waals surface area (Å²) in [6, 6.07) is 4.83. The van der Waals surface area contributed by atoms with Crippen molar-refractivity contribution in [2.24, 2.45) is 5.73 Å². The van der Waals surface area contributed by atoms with Crippen LogP contribution in [-0.4, -0.2) is 17.1 Å². The lowest BCUT2D eigenvalue weighted by Crippen LogP contribution is -2.36. The summed E-state index contributed by atoms with van der Waals surface area (Å²) in [5.41, 5.74) is 6.31. The molecule has 15 heavy (non-hydrogen) atoms. The number of carboxylic acids is 1. The molecule has 0 heterocycles. The van der Waals surface area contributed by atoms with Crippen molar-refractivity contribution in [1.82, 2.24) is 0 Å². The van der Waals surface area contributed by atoms with Crippen LogP contribution >= 0.6 is 0 Å². The Morgan fingerprint density at radius 2 is 2.00 bits per heavy atom. The van der Waals surface area contributed by atoms with Gasteiger partial charge in [0.05, 0.1) is 0 Å². The van der Waals surface area contributed by atoms with Crippen molar-refractivity contribution in [2.75, 3.05) is 0 Å². The van der Waals surface area contributed by atoms with Crippen LogP contribution in [-0.2, 0) is 4.79 Å². The molecule has 3 nitrogen and oxygen atoms in total. The molecule has 0 amide bonds. The quantitative estimate of drug-likeness (QED) is 0.797. The summed E-state index contributed by atoms with van der Waals surface area (Å²) in [4.78, 5) is 10.7. The van der Waals surface area contributed by atoms with E-state index in [0.29, 0.717) is 6.42 Å². The van der Waals surface area contributed by atoms with Gasteiger partial charge in [0.25, 0.3) is 0 Å². The summed E-state index contributed by atoms with van der Waals surface area (Å²) in [5, 5.41) is 8.80. The predicted molar refractivity (Wildman–Crippen MR) is 55.0 cm³/mol. The highest BCUT2D eigenvalue weighted by molar-refractivity contribution is 5.74. The minimum atomic E-state index is -1.04. The summed E-state index contributed by atoms with van der Waals surface area (Å²) < 4.78 is 12.7. The van der Waals surface area contributed by atoms with Gasteiger partial charge in [-0.05, 0) is 24.1 Å². The second kappa shape index (κ2) is 4.89. The Balaban J connectivity index is 2.92. The second-order valence-corrected chi connectivity index (χ2v) is 3.43. The van der Waals surface area contributed by atoms with Crippen LogP contribution in [0.2, 0.25) is 0 Å². The van der Waals surface area contributed by atoms with E-state index in [4.69, 9.17) is 10.8 Å². The summed E-state index contributed by atoms with van der Waals surface area (Å²) in [5.74, 6) is -1.65. The Labute approximate surface area is 87.7 Å². The monoisotopic (exact) mass is 211 g/mol. The summed E-state index contributed by atoms with van der Waals surface area (Å²) in [6.07, 6.45) is 0.610. The van der Waals surface area contributed by atoms with Crippen molar-refractivity contribution in [2.45, 2.75) is 25.3 Å². The molecule has 1 aromatic carbocycles. The summed E-state index contributed by atoms with van der Waals surface area (Å²) in [7, 11) is 0. The molecule has 1 rings (SSSR count). The molecule has 82 valence electrons. The molecule has 0 radical (unpaired) electrons. The zero-order chi connectivity index (χ0) is 11.4. The maximum atomic E-state index is 12.7. The molecular weight excluding hydrogens is 197 g/mol. The average molecular weight is 211 g/mol. The van der Waals surface area contributed by atoms with Crippen LogP contribution in [0.5, 0.6) is 0 Å². The largest absolute Gasteiger partial charge is 0.480 e. The lowest BCUT2D eigenvalue weighted by Gasteiger charge is -2.19. The molecule has 0 saturated heterocycles. The fourth-order valence-electron chi connectivity index (χ4n) is 1.58. The molecule has 1 aromatic rings. The van der Waals surface area contributed by atoms with Gasteiger partial charge < -0.3 is 10.8 Å². The van der Waals surface area contributed by atoms with Gasteiger partial charge in [0.15, 0.2) is 0 Å². The topological polar surface area (TPSA) is 63.3 Å². The Bertz CT molecular complexity index is 337. The first-order chi connectivity index (χ1) is 7.06. The van der Waals surface area contributed by atoms with Crippen LogP contribution in [0.1, 0.15) is 24.8 Å². The van der Waals surface area contributed by atoms with Crippen LogP contribution in [0.15, 0.2) is 24.3 Å². The van der Waals surface area contributed by atoms with Crippen LogP contribution in [0.25, 0.3) is 0 Å². The summed E-state index contributed by atoms with van der Waals surface area (Å²) >= 11 is 0. The number of benzene rings is 1. The SMILES string of the molecule is CCC(c1ccc(F)cc1)[C@H](N)C(=O)O. The fourth-order valence-corrected chi connectivity index (χ4v) is 1.58. The van der Waals surface area contributed by atoms with Gasteiger partial charge >= 0.3 is 5.97 Å². The first kappa shape index (κ1) is 11.7. The van der Waals surface area contributed by atoms with E-state index >= 15 is 0 Å². The third-order valence-electron chi connectivity index (χ3n) is 2.46. The Kier molecular flexibility index (Phi) is 3.80. The van der Waals surface area contributed by atoms with Crippen LogP contribution in [0.3, 0.4) is 0 Å². The van der Waals surface area contributed by atoms with Gasteiger partial charge in [0.2, 0.25) is 0 Å². The Hall–Kier alpha value is -1.42. The number of rotatable bonds is 4. The molecule has 2 atom stereocenters. The van der Waals surface area contributed by atoms with E-state index in [9.17, 15) is 9.18 Å². The number of nitrogens with two attached hydrogens (primary N) is 1. The van der Waals surface area contributed by atoms with Crippen LogP contribution in [0, 0.1) is 5.82 Å². The third kappa shape index (κ3) is 2.76. The molecule has 0 aliphatic heterocycles. The number of carboxylic acid groups (broad SMARTS) is 1. The highest BCUT2D eigenvalue weighted by Crippen LogP contribution is 2.22. The molecule has 0 aliphatic rings. The minimum absolute atomic E-state index is 0.275. The molecule has 0 saturated carbocycles. The van der Waals surface area contributed by atoms with E-state index in [0.717, 1.165) is 5.56 Å². The van der Waals surface area contributed by atoms with Gasteiger partial charge in [0.1, 0.15) is 11.9 Å². The Morgan fingerprint density at radius 3 is 2.40 bits per heavy atom. The third-order valence-corrected chi connectivity index (χ3v) is 2.46. The van der Waals surface area contributed by atoms with Gasteiger partial charge in [-0.25, -0.2) is 4.39 Å². The molecule has 0 fully saturated rings. The van der Waals surface area contributed by atoms with Gasteiger partial charge in [0, 0.05) is 5.92 Å². The molecular formula is C11H14FNO2. The number of hydrogen-bond donors (Lipinski definition) is 2. The number of halogens is 1. The van der Waals surface area contributed by atoms with Crippen LogP contribution in [0.4, 0.5) is 4.39 Å². The van der Waals surface area contributed by atoms with Crippen molar-refractivity contribution in [3.63, 3.8) is 0 Å². The molecule has 0 aliphatic carbocycles.